The SMILES string of the molecule is Cc1ccc(CN2CCN(C3CCOC3)CC2=O)cc1C. The Morgan fingerprint density at radius 2 is 2.10 bits per heavy atom. The number of ether oxygens (including phenoxy) is 1. The summed E-state index contributed by atoms with van der Waals surface area (Å²) in [6.07, 6.45) is 1.06. The normalized spacial score (nSPS) is 23.8. The lowest BCUT2D eigenvalue weighted by Crippen LogP contribution is -2.53. The Morgan fingerprint density at radius 1 is 1.24 bits per heavy atom. The number of benzene rings is 1. The second kappa shape index (κ2) is 6.16. The topological polar surface area (TPSA) is 32.8 Å². The van der Waals surface area contributed by atoms with Gasteiger partial charge in [0, 0.05) is 32.3 Å². The molecule has 1 unspecified atom stereocenters. The maximum absolute atomic E-state index is 12.4. The van der Waals surface area contributed by atoms with Gasteiger partial charge in [-0.05, 0) is 37.0 Å². The van der Waals surface area contributed by atoms with Crippen LogP contribution in [0.5, 0.6) is 0 Å². The second-order valence-electron chi connectivity index (χ2n) is 6.22. The van der Waals surface area contributed by atoms with Crippen LogP contribution in [0.2, 0.25) is 0 Å². The van der Waals surface area contributed by atoms with E-state index in [0.29, 0.717) is 12.6 Å². The summed E-state index contributed by atoms with van der Waals surface area (Å²) in [6, 6.07) is 6.91. The highest BCUT2D eigenvalue weighted by atomic mass is 16.5. The minimum absolute atomic E-state index is 0.242. The highest BCUT2D eigenvalue weighted by Crippen LogP contribution is 2.18. The third kappa shape index (κ3) is 3.27. The Bertz CT molecular complexity index is 524. The fraction of sp³-hybridized carbons (Fsp3) is 0.588. The maximum atomic E-state index is 12.4. The van der Waals surface area contributed by atoms with Crippen molar-refractivity contribution in [3.63, 3.8) is 0 Å². The molecular weight excluding hydrogens is 264 g/mol. The molecular formula is C17H24N2O2. The van der Waals surface area contributed by atoms with Crippen molar-refractivity contribution >= 4 is 5.91 Å². The lowest BCUT2D eigenvalue weighted by atomic mass is 10.1. The standard InChI is InChI=1S/C17H24N2O2/c1-13-3-4-15(9-14(13)2)10-19-7-6-18(11-17(19)20)16-5-8-21-12-16/h3-4,9,16H,5-8,10-12H2,1-2H3. The summed E-state index contributed by atoms with van der Waals surface area (Å²) >= 11 is 0. The Labute approximate surface area is 126 Å². The van der Waals surface area contributed by atoms with Crippen LogP contribution in [0.3, 0.4) is 0 Å². The van der Waals surface area contributed by atoms with Crippen LogP contribution in [0.1, 0.15) is 23.1 Å². The van der Waals surface area contributed by atoms with Crippen LogP contribution < -0.4 is 0 Å². The molecule has 1 aromatic rings. The maximum Gasteiger partial charge on any atom is 0.237 e. The van der Waals surface area contributed by atoms with E-state index < -0.39 is 0 Å². The average Bonchev–Trinajstić information content (AvgIpc) is 2.99. The van der Waals surface area contributed by atoms with Crippen LogP contribution in [0, 0.1) is 13.8 Å². The fourth-order valence-electron chi connectivity index (χ4n) is 3.14. The van der Waals surface area contributed by atoms with E-state index in [-0.39, 0.29) is 5.91 Å². The number of aryl methyl sites for hydroxylation is 2. The van der Waals surface area contributed by atoms with Crippen LogP contribution in [-0.2, 0) is 16.1 Å². The first-order valence-corrected chi connectivity index (χ1v) is 7.79. The van der Waals surface area contributed by atoms with Crippen LogP contribution in [0.25, 0.3) is 0 Å². The summed E-state index contributed by atoms with van der Waals surface area (Å²) < 4.78 is 5.43. The average molecular weight is 288 g/mol. The highest BCUT2D eigenvalue weighted by Gasteiger charge is 2.30. The first kappa shape index (κ1) is 14.5. The van der Waals surface area contributed by atoms with Crippen molar-refractivity contribution in [3.05, 3.63) is 34.9 Å². The van der Waals surface area contributed by atoms with E-state index in [9.17, 15) is 4.79 Å². The molecule has 2 saturated heterocycles. The van der Waals surface area contributed by atoms with Crippen LogP contribution >= 0.6 is 0 Å². The summed E-state index contributed by atoms with van der Waals surface area (Å²) in [5.74, 6) is 0.242. The molecule has 0 saturated carbocycles. The van der Waals surface area contributed by atoms with Crippen LogP contribution in [0.15, 0.2) is 18.2 Å². The third-order valence-electron chi connectivity index (χ3n) is 4.71. The van der Waals surface area contributed by atoms with E-state index in [1.165, 1.54) is 16.7 Å². The lowest BCUT2D eigenvalue weighted by molar-refractivity contribution is -0.137. The van der Waals surface area contributed by atoms with E-state index in [1.807, 2.05) is 4.90 Å². The number of piperazine rings is 1. The molecule has 4 nitrogen and oxygen atoms in total. The Balaban J connectivity index is 1.60. The number of hydrogen-bond acceptors (Lipinski definition) is 3. The van der Waals surface area contributed by atoms with Crippen molar-refractivity contribution in [1.82, 2.24) is 9.80 Å². The minimum atomic E-state index is 0.242. The van der Waals surface area contributed by atoms with Gasteiger partial charge in [-0.25, -0.2) is 0 Å². The van der Waals surface area contributed by atoms with Gasteiger partial charge in [0.25, 0.3) is 0 Å². The number of carbonyl (C=O) groups excluding carboxylic acids is 1. The van der Waals surface area contributed by atoms with E-state index in [0.717, 1.165) is 39.3 Å². The van der Waals surface area contributed by atoms with Gasteiger partial charge in [-0.3, -0.25) is 9.69 Å². The minimum Gasteiger partial charge on any atom is -0.380 e. The van der Waals surface area contributed by atoms with E-state index in [4.69, 9.17) is 4.74 Å². The van der Waals surface area contributed by atoms with Gasteiger partial charge in [0.05, 0.1) is 13.2 Å². The predicted molar refractivity (Wildman–Crippen MR) is 82.1 cm³/mol. The summed E-state index contributed by atoms with van der Waals surface area (Å²) in [4.78, 5) is 16.6. The van der Waals surface area contributed by atoms with Gasteiger partial charge in [0.15, 0.2) is 0 Å². The van der Waals surface area contributed by atoms with Gasteiger partial charge in [0.1, 0.15) is 0 Å². The van der Waals surface area contributed by atoms with Gasteiger partial charge in [0.2, 0.25) is 5.91 Å². The van der Waals surface area contributed by atoms with Gasteiger partial charge < -0.3 is 9.64 Å². The van der Waals surface area contributed by atoms with Crippen LogP contribution in [-0.4, -0.2) is 54.6 Å². The predicted octanol–water partition coefficient (Wildman–Crippen LogP) is 1.74. The van der Waals surface area contributed by atoms with Crippen molar-refractivity contribution in [2.24, 2.45) is 0 Å². The highest BCUT2D eigenvalue weighted by molar-refractivity contribution is 5.79. The summed E-state index contributed by atoms with van der Waals surface area (Å²) in [5, 5.41) is 0. The zero-order valence-electron chi connectivity index (χ0n) is 13.0. The molecule has 1 atom stereocenters. The first-order chi connectivity index (χ1) is 10.1. The number of hydrogen-bond donors (Lipinski definition) is 0. The fourth-order valence-corrected chi connectivity index (χ4v) is 3.14. The quantitative estimate of drug-likeness (QED) is 0.849. The van der Waals surface area contributed by atoms with E-state index >= 15 is 0 Å². The molecule has 1 amide bonds. The molecule has 0 bridgehead atoms. The van der Waals surface area contributed by atoms with Crippen molar-refractivity contribution in [1.29, 1.82) is 0 Å². The molecule has 0 radical (unpaired) electrons. The smallest absolute Gasteiger partial charge is 0.237 e. The van der Waals surface area contributed by atoms with Crippen molar-refractivity contribution in [2.75, 3.05) is 32.8 Å². The zero-order valence-corrected chi connectivity index (χ0v) is 13.0. The molecule has 0 aliphatic carbocycles. The molecule has 0 aromatic heterocycles. The number of carbonyl (C=O) groups is 1. The molecule has 2 aliphatic rings. The monoisotopic (exact) mass is 288 g/mol. The molecule has 3 rings (SSSR count). The molecule has 0 N–H and O–H groups in total. The lowest BCUT2D eigenvalue weighted by Gasteiger charge is -2.37. The van der Waals surface area contributed by atoms with Crippen molar-refractivity contribution < 1.29 is 9.53 Å². The number of nitrogens with zero attached hydrogens (tertiary/aromatic N) is 2. The number of rotatable bonds is 3. The molecule has 1 aromatic carbocycles. The molecule has 114 valence electrons. The van der Waals surface area contributed by atoms with Gasteiger partial charge in [-0.15, -0.1) is 0 Å². The number of amides is 1. The van der Waals surface area contributed by atoms with Gasteiger partial charge in [-0.1, -0.05) is 18.2 Å². The zero-order chi connectivity index (χ0) is 14.8. The van der Waals surface area contributed by atoms with E-state index in [2.05, 4.69) is 36.9 Å². The van der Waals surface area contributed by atoms with E-state index in [1.54, 1.807) is 0 Å². The van der Waals surface area contributed by atoms with Crippen LogP contribution in [0.4, 0.5) is 0 Å². The molecule has 0 spiro atoms. The first-order valence-electron chi connectivity index (χ1n) is 7.79. The summed E-state index contributed by atoms with van der Waals surface area (Å²) in [5.41, 5.74) is 3.82. The van der Waals surface area contributed by atoms with Crippen molar-refractivity contribution in [2.45, 2.75) is 32.9 Å². The molecule has 2 fully saturated rings. The van der Waals surface area contributed by atoms with Gasteiger partial charge >= 0.3 is 0 Å². The Hall–Kier alpha value is -1.39. The third-order valence-corrected chi connectivity index (χ3v) is 4.71. The molecule has 2 aliphatic heterocycles. The van der Waals surface area contributed by atoms with Gasteiger partial charge in [-0.2, -0.15) is 0 Å². The Morgan fingerprint density at radius 3 is 2.76 bits per heavy atom. The summed E-state index contributed by atoms with van der Waals surface area (Å²) in [6.45, 7) is 8.91. The molecule has 4 heteroatoms. The largest absolute Gasteiger partial charge is 0.380 e. The summed E-state index contributed by atoms with van der Waals surface area (Å²) in [7, 11) is 0. The second-order valence-corrected chi connectivity index (χ2v) is 6.22. The Kier molecular flexibility index (Phi) is 4.27. The molecule has 21 heavy (non-hydrogen) atoms. The van der Waals surface area contributed by atoms with Crippen molar-refractivity contribution in [3.8, 4) is 0 Å². The molecule has 2 heterocycles.